The van der Waals surface area contributed by atoms with Crippen LogP contribution in [-0.2, 0) is 0 Å². The highest BCUT2D eigenvalue weighted by molar-refractivity contribution is 9.10. The Morgan fingerprint density at radius 2 is 2.10 bits per heavy atom. The predicted octanol–water partition coefficient (Wildman–Crippen LogP) is 4.48. The first-order chi connectivity index (χ1) is 9.91. The van der Waals surface area contributed by atoms with Gasteiger partial charge in [0.2, 0.25) is 0 Å². The van der Waals surface area contributed by atoms with Gasteiger partial charge in [-0.2, -0.15) is 0 Å². The second kappa shape index (κ2) is 7.05. The van der Waals surface area contributed by atoms with Crippen molar-refractivity contribution in [2.45, 2.75) is 33.1 Å². The third-order valence-corrected chi connectivity index (χ3v) is 5.38. The molecule has 1 unspecified atom stereocenters. The normalized spacial score (nSPS) is 19.7. The third-order valence-electron chi connectivity index (χ3n) is 4.38. The highest BCUT2D eigenvalue weighted by Gasteiger charge is 2.23. The quantitative estimate of drug-likeness (QED) is 0.792. The van der Waals surface area contributed by atoms with Crippen LogP contribution in [0.3, 0.4) is 0 Å². The molecule has 2 rings (SSSR count). The first-order valence-corrected chi connectivity index (χ1v) is 8.64. The lowest BCUT2D eigenvalue weighted by atomic mass is 9.89. The minimum Gasteiger partial charge on any atom is -0.389 e. The summed E-state index contributed by atoms with van der Waals surface area (Å²) in [4.78, 5) is 2.36. The van der Waals surface area contributed by atoms with Crippen LogP contribution in [0.5, 0.6) is 0 Å². The van der Waals surface area contributed by atoms with Gasteiger partial charge in [-0.1, -0.05) is 26.1 Å². The Kier molecular flexibility index (Phi) is 5.60. The van der Waals surface area contributed by atoms with Crippen LogP contribution in [0.15, 0.2) is 16.6 Å². The molecule has 2 N–H and O–H groups in total. The number of benzene rings is 1. The average Bonchev–Trinajstić information content (AvgIpc) is 2.67. The topological polar surface area (TPSA) is 29.3 Å². The first-order valence-electron chi connectivity index (χ1n) is 7.44. The van der Waals surface area contributed by atoms with Gasteiger partial charge in [-0.05, 0) is 59.2 Å². The zero-order valence-electron chi connectivity index (χ0n) is 12.5. The Labute approximate surface area is 140 Å². The van der Waals surface area contributed by atoms with Crippen molar-refractivity contribution < 1.29 is 4.39 Å². The van der Waals surface area contributed by atoms with Crippen molar-refractivity contribution in [3.8, 4) is 0 Å². The van der Waals surface area contributed by atoms with Gasteiger partial charge in [0, 0.05) is 18.7 Å². The van der Waals surface area contributed by atoms with Gasteiger partial charge in [-0.25, -0.2) is 4.39 Å². The lowest BCUT2D eigenvalue weighted by Crippen LogP contribution is -2.26. The van der Waals surface area contributed by atoms with Gasteiger partial charge in [-0.3, -0.25) is 0 Å². The van der Waals surface area contributed by atoms with E-state index in [-0.39, 0.29) is 10.8 Å². The Hall–Kier alpha value is -0.680. The molecule has 1 atom stereocenters. The molecule has 1 aromatic rings. The van der Waals surface area contributed by atoms with E-state index in [4.69, 9.17) is 18.0 Å². The number of nitrogens with two attached hydrogens (primary N) is 1. The van der Waals surface area contributed by atoms with Crippen molar-refractivity contribution in [2.75, 3.05) is 18.0 Å². The molecule has 1 aliphatic heterocycles. The summed E-state index contributed by atoms with van der Waals surface area (Å²) in [7, 11) is 0. The average molecular weight is 373 g/mol. The number of rotatable bonds is 3. The fraction of sp³-hybridized carbons (Fsp3) is 0.562. The summed E-state index contributed by atoms with van der Waals surface area (Å²) < 4.78 is 15.0. The number of hydrogen-bond acceptors (Lipinski definition) is 2. The highest BCUT2D eigenvalue weighted by Crippen LogP contribution is 2.32. The van der Waals surface area contributed by atoms with E-state index in [9.17, 15) is 4.39 Å². The zero-order valence-corrected chi connectivity index (χ0v) is 14.9. The van der Waals surface area contributed by atoms with Gasteiger partial charge >= 0.3 is 0 Å². The summed E-state index contributed by atoms with van der Waals surface area (Å²) >= 11 is 8.23. The Balaban J connectivity index is 2.22. The molecule has 0 aliphatic carbocycles. The lowest BCUT2D eigenvalue weighted by molar-refractivity contribution is 0.351. The highest BCUT2D eigenvalue weighted by atomic mass is 79.9. The molecule has 21 heavy (non-hydrogen) atoms. The number of hydrogen-bond donors (Lipinski definition) is 1. The maximum atomic E-state index is 14.6. The van der Waals surface area contributed by atoms with Crippen LogP contribution in [-0.4, -0.2) is 18.1 Å². The van der Waals surface area contributed by atoms with Crippen LogP contribution >= 0.6 is 28.1 Å². The zero-order chi connectivity index (χ0) is 15.6. The van der Waals surface area contributed by atoms with Gasteiger partial charge in [0.05, 0.1) is 10.2 Å². The molecule has 0 saturated carbocycles. The molecule has 1 heterocycles. The summed E-state index contributed by atoms with van der Waals surface area (Å²) in [5.41, 5.74) is 6.81. The monoisotopic (exact) mass is 372 g/mol. The third kappa shape index (κ3) is 3.75. The molecule has 1 fully saturated rings. The van der Waals surface area contributed by atoms with E-state index >= 15 is 0 Å². The summed E-state index contributed by atoms with van der Waals surface area (Å²) in [5, 5.41) is 0. The molecule has 0 radical (unpaired) electrons. The standard InChI is InChI=1S/C16H22BrFN2S/c1-10(2)11-4-3-8-20(9-7-11)13-6-5-12(16(19)21)14(17)15(13)18/h5-6,10-11H,3-4,7-9H2,1-2H3,(H2,19,21). The van der Waals surface area contributed by atoms with Crippen molar-refractivity contribution in [3.63, 3.8) is 0 Å². The van der Waals surface area contributed by atoms with Gasteiger partial charge < -0.3 is 10.6 Å². The van der Waals surface area contributed by atoms with Gasteiger partial charge in [-0.15, -0.1) is 0 Å². The molecule has 1 aromatic carbocycles. The van der Waals surface area contributed by atoms with Crippen LogP contribution in [0, 0.1) is 17.7 Å². The molecule has 5 heteroatoms. The summed E-state index contributed by atoms with van der Waals surface area (Å²) in [5.74, 6) is 1.17. The molecule has 0 spiro atoms. The smallest absolute Gasteiger partial charge is 0.161 e. The number of anilines is 1. The van der Waals surface area contributed by atoms with E-state index in [1.165, 1.54) is 6.42 Å². The van der Waals surface area contributed by atoms with Crippen molar-refractivity contribution in [1.82, 2.24) is 0 Å². The lowest BCUT2D eigenvalue weighted by Gasteiger charge is -2.25. The molecule has 0 amide bonds. The van der Waals surface area contributed by atoms with E-state index < -0.39 is 0 Å². The van der Waals surface area contributed by atoms with Gasteiger partial charge in [0.15, 0.2) is 5.82 Å². The van der Waals surface area contributed by atoms with Crippen LogP contribution < -0.4 is 10.6 Å². The summed E-state index contributed by atoms with van der Waals surface area (Å²) in [6.07, 6.45) is 3.45. The van der Waals surface area contributed by atoms with Crippen LogP contribution in [0.4, 0.5) is 10.1 Å². The second-order valence-corrected chi connectivity index (χ2v) is 7.28. The van der Waals surface area contributed by atoms with E-state index in [0.717, 1.165) is 31.8 Å². The van der Waals surface area contributed by atoms with E-state index in [1.807, 2.05) is 0 Å². The molecular weight excluding hydrogens is 351 g/mol. The van der Waals surface area contributed by atoms with Crippen LogP contribution in [0.2, 0.25) is 0 Å². The molecule has 1 aliphatic rings. The minimum absolute atomic E-state index is 0.211. The molecule has 1 saturated heterocycles. The Morgan fingerprint density at radius 3 is 2.71 bits per heavy atom. The van der Waals surface area contributed by atoms with E-state index in [0.29, 0.717) is 21.6 Å². The van der Waals surface area contributed by atoms with Crippen molar-refractivity contribution in [2.24, 2.45) is 17.6 Å². The maximum Gasteiger partial charge on any atom is 0.161 e. The molecule has 0 bridgehead atoms. The van der Waals surface area contributed by atoms with Crippen molar-refractivity contribution in [1.29, 1.82) is 0 Å². The summed E-state index contributed by atoms with van der Waals surface area (Å²) in [6, 6.07) is 3.60. The molecular formula is C16H22BrFN2S. The van der Waals surface area contributed by atoms with E-state index in [1.54, 1.807) is 12.1 Å². The summed E-state index contributed by atoms with van der Waals surface area (Å²) in [6.45, 7) is 6.35. The van der Waals surface area contributed by atoms with Gasteiger partial charge in [0.1, 0.15) is 4.99 Å². The predicted molar refractivity (Wildman–Crippen MR) is 94.4 cm³/mol. The van der Waals surface area contributed by atoms with Crippen LogP contribution in [0.25, 0.3) is 0 Å². The number of nitrogens with zero attached hydrogens (tertiary/aromatic N) is 1. The SMILES string of the molecule is CC(C)C1CCCN(c2ccc(C(N)=S)c(Br)c2F)CC1. The van der Waals surface area contributed by atoms with Crippen LogP contribution in [0.1, 0.15) is 38.7 Å². The fourth-order valence-corrected chi connectivity index (χ4v) is 3.85. The van der Waals surface area contributed by atoms with Gasteiger partial charge in [0.25, 0.3) is 0 Å². The second-order valence-electron chi connectivity index (χ2n) is 6.05. The number of thiocarbonyl (C=S) groups is 1. The fourth-order valence-electron chi connectivity index (χ4n) is 3.00. The van der Waals surface area contributed by atoms with Crippen molar-refractivity contribution >= 4 is 38.8 Å². The largest absolute Gasteiger partial charge is 0.389 e. The molecule has 0 aromatic heterocycles. The first kappa shape index (κ1) is 16.7. The Bertz CT molecular complexity index is 533. The van der Waals surface area contributed by atoms with Crippen molar-refractivity contribution in [3.05, 3.63) is 28.0 Å². The Morgan fingerprint density at radius 1 is 1.38 bits per heavy atom. The number of halogens is 2. The minimum atomic E-state index is -0.261. The molecule has 2 nitrogen and oxygen atoms in total. The maximum absolute atomic E-state index is 14.6. The van der Waals surface area contributed by atoms with E-state index in [2.05, 4.69) is 34.7 Å². The molecule has 116 valence electrons.